The van der Waals surface area contributed by atoms with Gasteiger partial charge < -0.3 is 20.8 Å². The highest BCUT2D eigenvalue weighted by atomic mass is 16.3. The molecule has 1 saturated heterocycles. The molecule has 1 aliphatic heterocycles. The Morgan fingerprint density at radius 1 is 0.956 bits per heavy atom. The summed E-state index contributed by atoms with van der Waals surface area (Å²) in [5, 5.41) is 30.0. The Kier molecular flexibility index (Phi) is 8.79. The van der Waals surface area contributed by atoms with Crippen molar-refractivity contribution in [3.8, 4) is 11.5 Å². The lowest BCUT2D eigenvalue weighted by Crippen LogP contribution is -2.37. The molecule has 0 spiro atoms. The van der Waals surface area contributed by atoms with Crippen molar-refractivity contribution < 1.29 is 15.0 Å². The van der Waals surface area contributed by atoms with Crippen molar-refractivity contribution in [2.24, 2.45) is 5.92 Å². The summed E-state index contributed by atoms with van der Waals surface area (Å²) in [6.07, 6.45) is 6.41. The molecule has 0 atom stereocenters. The maximum Gasteiger partial charge on any atom is 0.227 e. The van der Waals surface area contributed by atoms with E-state index in [4.69, 9.17) is 0 Å². The van der Waals surface area contributed by atoms with Gasteiger partial charge in [-0.05, 0) is 79.7 Å². The first-order chi connectivity index (χ1) is 21.9. The first-order valence-corrected chi connectivity index (χ1v) is 15.3. The third-order valence-corrected chi connectivity index (χ3v) is 8.37. The zero-order valence-electron chi connectivity index (χ0n) is 25.6. The number of phenolic OH excluding ortho intramolecular Hbond substituents is 2. The molecule has 1 amide bonds. The van der Waals surface area contributed by atoms with Crippen LogP contribution in [0.3, 0.4) is 0 Å². The SMILES string of the molecule is CNc1c(C=C(Cc2ccc(CN3CCC(C(=O)Nc4ccc(O)c(O)c4)CC3)cc2)c2ccccc2)cnc2cc(C)nn12. The number of nitrogens with zero attached hydrogens (tertiary/aromatic N) is 4. The van der Waals surface area contributed by atoms with Crippen LogP contribution in [0.1, 0.15) is 40.8 Å². The average Bonchev–Trinajstić information content (AvgIpc) is 3.44. The van der Waals surface area contributed by atoms with E-state index in [1.54, 1.807) is 6.07 Å². The van der Waals surface area contributed by atoms with Gasteiger partial charge in [0.25, 0.3) is 0 Å². The summed E-state index contributed by atoms with van der Waals surface area (Å²) in [7, 11) is 1.91. The standard InChI is InChI=1S/C36H38N6O3/c1-24-18-34-38-22-30(35(37-2)42(34)40-24)20-29(27-6-4-3-5-7-27)19-25-8-10-26(11-9-25)23-41-16-14-28(15-17-41)36(45)39-31-12-13-32(43)33(44)21-31/h3-13,18,20-22,28,37,43-44H,14-17,19,23H2,1-2H3,(H,39,45). The molecule has 9 heteroatoms. The third-order valence-electron chi connectivity index (χ3n) is 8.37. The molecule has 0 aliphatic carbocycles. The quantitative estimate of drug-likeness (QED) is 0.119. The highest BCUT2D eigenvalue weighted by molar-refractivity contribution is 5.93. The van der Waals surface area contributed by atoms with Crippen molar-refractivity contribution in [2.75, 3.05) is 30.8 Å². The van der Waals surface area contributed by atoms with Gasteiger partial charge in [-0.2, -0.15) is 9.61 Å². The monoisotopic (exact) mass is 602 g/mol. The number of hydrogen-bond donors (Lipinski definition) is 4. The fraction of sp³-hybridized carbons (Fsp3) is 0.250. The lowest BCUT2D eigenvalue weighted by Gasteiger charge is -2.31. The molecule has 0 unspecified atom stereocenters. The number of aryl methyl sites for hydroxylation is 1. The topological polar surface area (TPSA) is 115 Å². The number of allylic oxidation sites excluding steroid dienone is 1. The Bertz CT molecular complexity index is 1820. The highest BCUT2D eigenvalue weighted by Gasteiger charge is 2.25. The molecule has 1 aliphatic rings. The first kappa shape index (κ1) is 29.9. The summed E-state index contributed by atoms with van der Waals surface area (Å²) in [5.74, 6) is 0.311. The maximum atomic E-state index is 12.8. The molecular weight excluding hydrogens is 564 g/mol. The van der Waals surface area contributed by atoms with E-state index in [0.29, 0.717) is 5.69 Å². The maximum absolute atomic E-state index is 12.8. The molecule has 0 radical (unpaired) electrons. The van der Waals surface area contributed by atoms with Crippen LogP contribution < -0.4 is 10.6 Å². The molecule has 45 heavy (non-hydrogen) atoms. The second kappa shape index (κ2) is 13.2. The molecule has 0 bridgehead atoms. The van der Waals surface area contributed by atoms with Gasteiger partial charge in [-0.25, -0.2) is 4.98 Å². The summed E-state index contributed by atoms with van der Waals surface area (Å²) in [4.78, 5) is 19.8. The van der Waals surface area contributed by atoms with Crippen LogP contribution >= 0.6 is 0 Å². The van der Waals surface area contributed by atoms with E-state index in [-0.39, 0.29) is 23.3 Å². The van der Waals surface area contributed by atoms with Crippen molar-refractivity contribution in [3.05, 3.63) is 113 Å². The predicted molar refractivity (Wildman–Crippen MR) is 178 cm³/mol. The Morgan fingerprint density at radius 3 is 2.40 bits per heavy atom. The van der Waals surface area contributed by atoms with Crippen LogP contribution in [-0.2, 0) is 17.8 Å². The number of piperidine rings is 1. The molecule has 4 N–H and O–H groups in total. The second-order valence-electron chi connectivity index (χ2n) is 11.6. The second-order valence-corrected chi connectivity index (χ2v) is 11.6. The Balaban J connectivity index is 1.10. The normalized spacial score (nSPS) is 14.5. The third kappa shape index (κ3) is 6.99. The average molecular weight is 603 g/mol. The van der Waals surface area contributed by atoms with Crippen LogP contribution in [-0.4, -0.2) is 55.8 Å². The van der Waals surface area contributed by atoms with Crippen molar-refractivity contribution >= 4 is 34.7 Å². The molecule has 1 fully saturated rings. The number of hydrogen-bond acceptors (Lipinski definition) is 7. The Labute approximate surface area is 262 Å². The van der Waals surface area contributed by atoms with E-state index >= 15 is 0 Å². The van der Waals surface area contributed by atoms with Gasteiger partial charge in [-0.1, -0.05) is 54.6 Å². The minimum atomic E-state index is -0.247. The highest BCUT2D eigenvalue weighted by Crippen LogP contribution is 2.29. The number of carbonyl (C=O) groups is 1. The molecular formula is C36H38N6O3. The number of phenols is 2. The minimum absolute atomic E-state index is 0.0522. The molecule has 230 valence electrons. The number of nitrogens with one attached hydrogen (secondary N) is 2. The molecule has 0 saturated carbocycles. The largest absolute Gasteiger partial charge is 0.504 e. The minimum Gasteiger partial charge on any atom is -0.504 e. The van der Waals surface area contributed by atoms with E-state index in [2.05, 4.69) is 80.2 Å². The smallest absolute Gasteiger partial charge is 0.227 e. The summed E-state index contributed by atoms with van der Waals surface area (Å²) in [5.41, 5.74) is 8.01. The zero-order chi connectivity index (χ0) is 31.3. The van der Waals surface area contributed by atoms with Gasteiger partial charge in [0.2, 0.25) is 5.91 Å². The van der Waals surface area contributed by atoms with Gasteiger partial charge in [0.1, 0.15) is 5.82 Å². The molecule has 3 aromatic carbocycles. The lowest BCUT2D eigenvalue weighted by molar-refractivity contribution is -0.121. The van der Waals surface area contributed by atoms with Crippen LogP contribution in [0.25, 0.3) is 17.3 Å². The van der Waals surface area contributed by atoms with E-state index in [0.717, 1.165) is 67.2 Å². The summed E-state index contributed by atoms with van der Waals surface area (Å²) < 4.78 is 1.86. The van der Waals surface area contributed by atoms with Gasteiger partial charge in [-0.3, -0.25) is 9.69 Å². The number of carbonyl (C=O) groups excluding carboxylic acids is 1. The van der Waals surface area contributed by atoms with Gasteiger partial charge in [0.05, 0.1) is 5.69 Å². The van der Waals surface area contributed by atoms with Gasteiger partial charge in [0, 0.05) is 49.1 Å². The number of aromatic nitrogens is 3. The molecule has 5 aromatic rings. The van der Waals surface area contributed by atoms with Crippen molar-refractivity contribution in [1.82, 2.24) is 19.5 Å². The van der Waals surface area contributed by atoms with Crippen molar-refractivity contribution in [1.29, 1.82) is 0 Å². The van der Waals surface area contributed by atoms with Crippen LogP contribution in [0.5, 0.6) is 11.5 Å². The molecule has 2 aromatic heterocycles. The van der Waals surface area contributed by atoms with Gasteiger partial charge >= 0.3 is 0 Å². The van der Waals surface area contributed by atoms with Gasteiger partial charge in [-0.15, -0.1) is 0 Å². The lowest BCUT2D eigenvalue weighted by atomic mass is 9.94. The number of likely N-dealkylation sites (tertiary alicyclic amines) is 1. The van der Waals surface area contributed by atoms with E-state index < -0.39 is 0 Å². The number of amides is 1. The predicted octanol–water partition coefficient (Wildman–Crippen LogP) is 6.12. The molecule has 3 heterocycles. The summed E-state index contributed by atoms with van der Waals surface area (Å²) >= 11 is 0. The van der Waals surface area contributed by atoms with Crippen molar-refractivity contribution in [3.63, 3.8) is 0 Å². The number of rotatable bonds is 9. The van der Waals surface area contributed by atoms with E-state index in [1.807, 2.05) is 36.8 Å². The van der Waals surface area contributed by atoms with Crippen molar-refractivity contribution in [2.45, 2.75) is 32.7 Å². The van der Waals surface area contributed by atoms with Crippen LogP contribution in [0.4, 0.5) is 11.5 Å². The van der Waals surface area contributed by atoms with E-state index in [9.17, 15) is 15.0 Å². The van der Waals surface area contributed by atoms with Crippen LogP contribution in [0.2, 0.25) is 0 Å². The van der Waals surface area contributed by atoms with Gasteiger partial charge in [0.15, 0.2) is 17.1 Å². The fourth-order valence-corrected chi connectivity index (χ4v) is 5.93. The number of benzene rings is 3. The number of anilines is 2. The number of aromatic hydroxyl groups is 2. The molecule has 9 nitrogen and oxygen atoms in total. The van der Waals surface area contributed by atoms with E-state index in [1.165, 1.54) is 28.8 Å². The summed E-state index contributed by atoms with van der Waals surface area (Å²) in [6.45, 7) is 4.48. The fourth-order valence-electron chi connectivity index (χ4n) is 5.93. The zero-order valence-corrected chi connectivity index (χ0v) is 25.6. The first-order valence-electron chi connectivity index (χ1n) is 15.3. The summed E-state index contributed by atoms with van der Waals surface area (Å²) in [6, 6.07) is 25.5. The van der Waals surface area contributed by atoms with Crippen LogP contribution in [0, 0.1) is 12.8 Å². The number of fused-ring (bicyclic) bond motifs is 1. The molecule has 6 rings (SSSR count). The Hall–Kier alpha value is -5.15. The Morgan fingerprint density at radius 2 is 1.69 bits per heavy atom. The van der Waals surface area contributed by atoms with Crippen LogP contribution in [0.15, 0.2) is 85.1 Å².